The Morgan fingerprint density at radius 2 is 1.91 bits per heavy atom. The molecule has 0 saturated heterocycles. The summed E-state index contributed by atoms with van der Waals surface area (Å²) in [6.45, 7) is 0. The SMILES string of the molecule is CS(=O)(=O)c1cncc(-c2ccc(N)c(N(C(=O)Nc3ccncn3)C3CCCCC3)n2)c1. The van der Waals surface area contributed by atoms with Crippen LogP contribution in [-0.4, -0.2) is 46.7 Å². The fourth-order valence-corrected chi connectivity index (χ4v) is 4.48. The van der Waals surface area contributed by atoms with Crippen molar-refractivity contribution in [2.24, 2.45) is 0 Å². The smallest absolute Gasteiger partial charge is 0.328 e. The van der Waals surface area contributed by atoms with Crippen LogP contribution in [0.5, 0.6) is 0 Å². The number of nitrogens with two attached hydrogens (primary N) is 1. The predicted molar refractivity (Wildman–Crippen MR) is 125 cm³/mol. The minimum absolute atomic E-state index is 0.0777. The summed E-state index contributed by atoms with van der Waals surface area (Å²) >= 11 is 0. The van der Waals surface area contributed by atoms with Crippen molar-refractivity contribution < 1.29 is 13.2 Å². The lowest BCUT2D eigenvalue weighted by Crippen LogP contribution is -2.45. The lowest BCUT2D eigenvalue weighted by atomic mass is 9.94. The van der Waals surface area contributed by atoms with Gasteiger partial charge in [-0.15, -0.1) is 0 Å². The number of amides is 2. The molecule has 0 bridgehead atoms. The number of aromatic nitrogens is 4. The highest BCUT2D eigenvalue weighted by molar-refractivity contribution is 7.90. The fourth-order valence-electron chi connectivity index (χ4n) is 3.88. The van der Waals surface area contributed by atoms with Crippen LogP contribution in [0.4, 0.5) is 22.1 Å². The number of nitrogen functional groups attached to an aromatic ring is 1. The third kappa shape index (κ3) is 5.25. The van der Waals surface area contributed by atoms with Crippen LogP contribution >= 0.6 is 0 Å². The monoisotopic (exact) mass is 467 g/mol. The first-order chi connectivity index (χ1) is 15.8. The molecule has 10 nitrogen and oxygen atoms in total. The Kier molecular flexibility index (Phi) is 6.50. The van der Waals surface area contributed by atoms with Crippen LogP contribution in [0, 0.1) is 0 Å². The van der Waals surface area contributed by atoms with E-state index < -0.39 is 9.84 Å². The van der Waals surface area contributed by atoms with Crippen LogP contribution in [0.1, 0.15) is 32.1 Å². The zero-order valence-corrected chi connectivity index (χ0v) is 19.0. The molecule has 2 amide bonds. The number of hydrogen-bond acceptors (Lipinski definition) is 8. The first-order valence-electron chi connectivity index (χ1n) is 10.6. The van der Waals surface area contributed by atoms with Gasteiger partial charge in [0, 0.05) is 36.5 Å². The zero-order valence-electron chi connectivity index (χ0n) is 18.2. The normalized spacial score (nSPS) is 14.6. The van der Waals surface area contributed by atoms with Gasteiger partial charge in [-0.3, -0.25) is 15.2 Å². The molecular weight excluding hydrogens is 442 g/mol. The Morgan fingerprint density at radius 3 is 2.61 bits per heavy atom. The molecular formula is C22H25N7O3S. The van der Waals surface area contributed by atoms with Crippen molar-refractivity contribution >= 4 is 33.2 Å². The molecule has 33 heavy (non-hydrogen) atoms. The average Bonchev–Trinajstić information content (AvgIpc) is 2.81. The van der Waals surface area contributed by atoms with Crippen molar-refractivity contribution in [2.45, 2.75) is 43.0 Å². The Morgan fingerprint density at radius 1 is 1.12 bits per heavy atom. The molecule has 1 fully saturated rings. The van der Waals surface area contributed by atoms with E-state index in [1.165, 1.54) is 24.8 Å². The highest BCUT2D eigenvalue weighted by atomic mass is 32.2. The van der Waals surface area contributed by atoms with E-state index in [1.807, 2.05) is 0 Å². The lowest BCUT2D eigenvalue weighted by molar-refractivity contribution is 0.252. The van der Waals surface area contributed by atoms with Gasteiger partial charge < -0.3 is 5.73 Å². The molecule has 0 radical (unpaired) electrons. The van der Waals surface area contributed by atoms with E-state index >= 15 is 0 Å². The molecule has 0 spiro atoms. The second kappa shape index (κ2) is 9.49. The zero-order chi connectivity index (χ0) is 23.4. The average molecular weight is 468 g/mol. The van der Waals surface area contributed by atoms with Gasteiger partial charge in [-0.2, -0.15) is 0 Å². The quantitative estimate of drug-likeness (QED) is 0.581. The van der Waals surface area contributed by atoms with E-state index in [1.54, 1.807) is 29.3 Å². The number of urea groups is 1. The number of nitrogens with one attached hydrogen (secondary N) is 1. The number of carbonyl (C=O) groups is 1. The van der Waals surface area contributed by atoms with Crippen LogP contribution < -0.4 is 16.0 Å². The molecule has 1 aliphatic rings. The minimum atomic E-state index is -3.43. The van der Waals surface area contributed by atoms with Crippen molar-refractivity contribution in [3.8, 4) is 11.3 Å². The van der Waals surface area contributed by atoms with E-state index in [0.717, 1.165) is 38.4 Å². The maximum absolute atomic E-state index is 13.4. The number of nitrogens with zero attached hydrogens (tertiary/aromatic N) is 5. The number of anilines is 3. The fraction of sp³-hybridized carbons (Fsp3) is 0.318. The molecule has 0 aliphatic heterocycles. The first-order valence-corrected chi connectivity index (χ1v) is 12.5. The summed E-state index contributed by atoms with van der Waals surface area (Å²) in [5.74, 6) is 0.686. The van der Waals surface area contributed by atoms with Gasteiger partial charge >= 0.3 is 6.03 Å². The van der Waals surface area contributed by atoms with Gasteiger partial charge in [0.15, 0.2) is 15.7 Å². The molecule has 3 aromatic rings. The summed E-state index contributed by atoms with van der Waals surface area (Å²) < 4.78 is 23.9. The molecule has 0 aromatic carbocycles. The molecule has 11 heteroatoms. The summed E-state index contributed by atoms with van der Waals surface area (Å²) in [5, 5.41) is 2.80. The lowest BCUT2D eigenvalue weighted by Gasteiger charge is -2.34. The van der Waals surface area contributed by atoms with Crippen molar-refractivity contribution in [1.29, 1.82) is 0 Å². The number of rotatable bonds is 5. The summed E-state index contributed by atoms with van der Waals surface area (Å²) in [6, 6.07) is 6.00. The summed E-state index contributed by atoms with van der Waals surface area (Å²) in [7, 11) is -3.43. The second-order valence-corrected chi connectivity index (χ2v) is 9.99. The molecule has 0 atom stereocenters. The molecule has 3 N–H and O–H groups in total. The van der Waals surface area contributed by atoms with Gasteiger partial charge in [-0.1, -0.05) is 19.3 Å². The molecule has 1 saturated carbocycles. The van der Waals surface area contributed by atoms with Crippen molar-refractivity contribution in [3.05, 3.63) is 49.2 Å². The van der Waals surface area contributed by atoms with Gasteiger partial charge in [0.1, 0.15) is 12.1 Å². The Labute approximate surface area is 192 Å². The highest BCUT2D eigenvalue weighted by Gasteiger charge is 2.30. The van der Waals surface area contributed by atoms with Gasteiger partial charge in [0.05, 0.1) is 16.3 Å². The largest absolute Gasteiger partial charge is 0.396 e. The topological polar surface area (TPSA) is 144 Å². The van der Waals surface area contributed by atoms with Crippen LogP contribution in [0.25, 0.3) is 11.3 Å². The maximum atomic E-state index is 13.4. The summed E-state index contributed by atoms with van der Waals surface area (Å²) in [4.78, 5) is 31.7. The number of pyridine rings is 2. The molecule has 4 rings (SSSR count). The van der Waals surface area contributed by atoms with Crippen molar-refractivity contribution in [1.82, 2.24) is 19.9 Å². The molecule has 0 unspecified atom stereocenters. The molecule has 3 aromatic heterocycles. The first kappa shape index (κ1) is 22.6. The highest BCUT2D eigenvalue weighted by Crippen LogP contribution is 2.32. The molecule has 172 valence electrons. The van der Waals surface area contributed by atoms with Crippen molar-refractivity contribution in [2.75, 3.05) is 22.2 Å². The third-order valence-corrected chi connectivity index (χ3v) is 6.63. The third-order valence-electron chi connectivity index (χ3n) is 5.55. The van der Waals surface area contributed by atoms with Gasteiger partial charge in [-0.05, 0) is 37.1 Å². The Bertz CT molecular complexity index is 1250. The minimum Gasteiger partial charge on any atom is -0.396 e. The van der Waals surface area contributed by atoms with E-state index in [4.69, 9.17) is 5.73 Å². The van der Waals surface area contributed by atoms with E-state index in [9.17, 15) is 13.2 Å². The number of carbonyl (C=O) groups excluding carboxylic acids is 1. The standard InChI is InChI=1S/C22H25N7O3S/c1-33(31,32)17-11-15(12-25-13-17)19-8-7-18(23)21(27-19)29(16-5-3-2-4-6-16)22(30)28-20-9-10-24-14-26-20/h7-14,16H,2-6,23H2,1H3,(H,24,26,28,30). The molecule has 1 aliphatic carbocycles. The van der Waals surface area contributed by atoms with Gasteiger partial charge in [0.25, 0.3) is 0 Å². The van der Waals surface area contributed by atoms with E-state index in [-0.39, 0.29) is 17.0 Å². The van der Waals surface area contributed by atoms with Crippen LogP contribution in [0.15, 0.2) is 54.1 Å². The van der Waals surface area contributed by atoms with Gasteiger partial charge in [0.2, 0.25) is 0 Å². The number of sulfone groups is 1. The van der Waals surface area contributed by atoms with E-state index in [2.05, 4.69) is 25.3 Å². The number of hydrogen-bond donors (Lipinski definition) is 2. The predicted octanol–water partition coefficient (Wildman–Crippen LogP) is 3.29. The summed E-state index contributed by atoms with van der Waals surface area (Å²) in [5.41, 5.74) is 7.60. The second-order valence-electron chi connectivity index (χ2n) is 7.98. The van der Waals surface area contributed by atoms with Crippen LogP contribution in [-0.2, 0) is 9.84 Å². The van der Waals surface area contributed by atoms with Crippen LogP contribution in [0.3, 0.4) is 0 Å². The Hall–Kier alpha value is -3.60. The van der Waals surface area contributed by atoms with Crippen molar-refractivity contribution in [3.63, 3.8) is 0 Å². The Balaban J connectivity index is 1.74. The van der Waals surface area contributed by atoms with E-state index in [0.29, 0.717) is 28.6 Å². The van der Waals surface area contributed by atoms with Crippen LogP contribution in [0.2, 0.25) is 0 Å². The maximum Gasteiger partial charge on any atom is 0.328 e. The molecule has 3 heterocycles. The van der Waals surface area contributed by atoms with Gasteiger partial charge in [-0.25, -0.2) is 28.2 Å². The summed E-state index contributed by atoms with van der Waals surface area (Å²) in [6.07, 6.45) is 11.6.